The zero-order chi connectivity index (χ0) is 15.9. The summed E-state index contributed by atoms with van der Waals surface area (Å²) >= 11 is 0. The summed E-state index contributed by atoms with van der Waals surface area (Å²) in [6.45, 7) is 0. The van der Waals surface area contributed by atoms with E-state index >= 15 is 0 Å². The first-order valence-electron chi connectivity index (χ1n) is 6.46. The highest BCUT2D eigenvalue weighted by Crippen LogP contribution is 2.29. The molecule has 0 aromatic heterocycles. The van der Waals surface area contributed by atoms with Crippen LogP contribution in [0.25, 0.3) is 6.08 Å². The molecule has 0 atom stereocenters. The second-order valence-electron chi connectivity index (χ2n) is 4.34. The lowest BCUT2D eigenvalue weighted by molar-refractivity contribution is -0.131. The van der Waals surface area contributed by atoms with E-state index in [2.05, 4.69) is 0 Å². The highest BCUT2D eigenvalue weighted by molar-refractivity contribution is 5.91. The first-order valence-corrected chi connectivity index (χ1v) is 6.46. The summed E-state index contributed by atoms with van der Waals surface area (Å²) in [5, 5.41) is 8.61. The lowest BCUT2D eigenvalue weighted by Crippen LogP contribution is -2.09. The van der Waals surface area contributed by atoms with Gasteiger partial charge in [0.2, 0.25) is 0 Å². The molecule has 0 spiro atoms. The molecule has 0 fully saturated rings. The fourth-order valence-electron chi connectivity index (χ4n) is 1.77. The molecule has 2 aromatic carbocycles. The summed E-state index contributed by atoms with van der Waals surface area (Å²) in [5.74, 6) is -0.924. The van der Waals surface area contributed by atoms with E-state index in [1.807, 2.05) is 0 Å². The van der Waals surface area contributed by atoms with Crippen molar-refractivity contribution >= 4 is 18.0 Å². The molecule has 5 heteroatoms. The molecule has 0 radical (unpaired) electrons. The minimum absolute atomic E-state index is 0.267. The van der Waals surface area contributed by atoms with E-state index in [1.165, 1.54) is 13.2 Å². The maximum Gasteiger partial charge on any atom is 0.343 e. The molecule has 0 aliphatic rings. The topological polar surface area (TPSA) is 72.8 Å². The molecule has 0 bridgehead atoms. The fraction of sp³-hybridized carbons (Fsp3) is 0.0588. The lowest BCUT2D eigenvalue weighted by Gasteiger charge is -2.10. The van der Waals surface area contributed by atoms with Crippen molar-refractivity contribution in [1.82, 2.24) is 0 Å². The molecule has 0 saturated heterocycles. The van der Waals surface area contributed by atoms with Crippen LogP contribution in [0.2, 0.25) is 0 Å². The molecule has 0 saturated carbocycles. The van der Waals surface area contributed by atoms with E-state index in [0.717, 1.165) is 6.08 Å². The highest BCUT2D eigenvalue weighted by Gasteiger charge is 2.12. The summed E-state index contributed by atoms with van der Waals surface area (Å²) in [5.41, 5.74) is 1.05. The molecular formula is C17H14O5. The Morgan fingerprint density at radius 1 is 1.05 bits per heavy atom. The molecule has 2 rings (SSSR count). The van der Waals surface area contributed by atoms with Crippen LogP contribution in [0.15, 0.2) is 54.6 Å². The maximum absolute atomic E-state index is 12.0. The number of carbonyl (C=O) groups is 2. The average molecular weight is 298 g/mol. The van der Waals surface area contributed by atoms with Crippen LogP contribution in [0.4, 0.5) is 0 Å². The van der Waals surface area contributed by atoms with Crippen LogP contribution in [0.1, 0.15) is 15.9 Å². The number of esters is 1. The van der Waals surface area contributed by atoms with Crippen molar-refractivity contribution in [1.29, 1.82) is 0 Å². The number of methoxy groups -OCH3 is 1. The number of aliphatic carboxylic acids is 1. The normalized spacial score (nSPS) is 10.4. The van der Waals surface area contributed by atoms with Crippen molar-refractivity contribution in [3.63, 3.8) is 0 Å². The number of hydrogen-bond donors (Lipinski definition) is 1. The minimum Gasteiger partial charge on any atom is -0.493 e. The Kier molecular flexibility index (Phi) is 4.93. The molecular weight excluding hydrogens is 284 g/mol. The minimum atomic E-state index is -1.04. The van der Waals surface area contributed by atoms with Crippen LogP contribution in [0.5, 0.6) is 11.5 Å². The zero-order valence-electron chi connectivity index (χ0n) is 11.9. The van der Waals surface area contributed by atoms with Gasteiger partial charge in [-0.3, -0.25) is 0 Å². The van der Waals surface area contributed by atoms with Crippen molar-refractivity contribution in [2.24, 2.45) is 0 Å². The van der Waals surface area contributed by atoms with Gasteiger partial charge in [0.05, 0.1) is 12.7 Å². The van der Waals surface area contributed by atoms with E-state index in [9.17, 15) is 9.59 Å². The van der Waals surface area contributed by atoms with Crippen LogP contribution < -0.4 is 9.47 Å². The first kappa shape index (κ1) is 15.3. The lowest BCUT2D eigenvalue weighted by atomic mass is 10.2. The van der Waals surface area contributed by atoms with E-state index in [4.69, 9.17) is 14.6 Å². The van der Waals surface area contributed by atoms with Gasteiger partial charge in [-0.25, -0.2) is 9.59 Å². The van der Waals surface area contributed by atoms with Crippen molar-refractivity contribution in [2.45, 2.75) is 0 Å². The van der Waals surface area contributed by atoms with Crippen molar-refractivity contribution < 1.29 is 24.2 Å². The van der Waals surface area contributed by atoms with Gasteiger partial charge in [-0.05, 0) is 35.9 Å². The molecule has 0 amide bonds. The first-order chi connectivity index (χ1) is 10.6. The molecule has 0 heterocycles. The number of carboxylic acid groups (broad SMARTS) is 1. The molecule has 22 heavy (non-hydrogen) atoms. The summed E-state index contributed by atoms with van der Waals surface area (Å²) < 4.78 is 10.5. The SMILES string of the molecule is COc1cc(C=CC(=O)O)ccc1OC(=O)c1ccccc1. The maximum atomic E-state index is 12.0. The Labute approximate surface area is 127 Å². The predicted octanol–water partition coefficient (Wildman–Crippen LogP) is 3.01. The van der Waals surface area contributed by atoms with Gasteiger partial charge in [0, 0.05) is 6.08 Å². The number of ether oxygens (including phenoxy) is 2. The Morgan fingerprint density at radius 2 is 1.77 bits per heavy atom. The Balaban J connectivity index is 2.21. The van der Waals surface area contributed by atoms with Crippen molar-refractivity contribution in [2.75, 3.05) is 7.11 Å². The van der Waals surface area contributed by atoms with E-state index in [0.29, 0.717) is 16.9 Å². The average Bonchev–Trinajstić information content (AvgIpc) is 2.54. The summed E-state index contributed by atoms with van der Waals surface area (Å²) in [7, 11) is 1.44. The number of hydrogen-bond acceptors (Lipinski definition) is 4. The fourth-order valence-corrected chi connectivity index (χ4v) is 1.77. The van der Waals surface area contributed by atoms with E-state index in [1.54, 1.807) is 48.5 Å². The number of benzene rings is 2. The predicted molar refractivity (Wildman–Crippen MR) is 81.1 cm³/mol. The molecule has 2 aromatic rings. The third-order valence-electron chi connectivity index (χ3n) is 2.82. The van der Waals surface area contributed by atoms with Crippen LogP contribution >= 0.6 is 0 Å². The van der Waals surface area contributed by atoms with Gasteiger partial charge in [-0.15, -0.1) is 0 Å². The molecule has 112 valence electrons. The van der Waals surface area contributed by atoms with Crippen molar-refractivity contribution in [3.05, 3.63) is 65.7 Å². The smallest absolute Gasteiger partial charge is 0.343 e. The van der Waals surface area contributed by atoms with Gasteiger partial charge in [0.15, 0.2) is 11.5 Å². The summed E-state index contributed by atoms with van der Waals surface area (Å²) in [4.78, 5) is 22.5. The third-order valence-corrected chi connectivity index (χ3v) is 2.82. The Morgan fingerprint density at radius 3 is 2.41 bits per heavy atom. The number of carbonyl (C=O) groups excluding carboxylic acids is 1. The molecule has 0 aliphatic heterocycles. The number of carboxylic acids is 1. The van der Waals surface area contributed by atoms with Gasteiger partial charge in [0.25, 0.3) is 0 Å². The molecule has 0 aliphatic carbocycles. The quantitative estimate of drug-likeness (QED) is 0.522. The van der Waals surface area contributed by atoms with Gasteiger partial charge in [-0.1, -0.05) is 24.3 Å². The Bertz CT molecular complexity index is 704. The molecule has 5 nitrogen and oxygen atoms in total. The summed E-state index contributed by atoms with van der Waals surface area (Å²) in [6, 6.07) is 13.4. The van der Waals surface area contributed by atoms with Gasteiger partial charge in [0.1, 0.15) is 0 Å². The van der Waals surface area contributed by atoms with Gasteiger partial charge >= 0.3 is 11.9 Å². The van der Waals surface area contributed by atoms with Crippen LogP contribution in [0, 0.1) is 0 Å². The number of rotatable bonds is 5. The summed E-state index contributed by atoms with van der Waals surface area (Å²) in [6.07, 6.45) is 2.44. The third kappa shape index (κ3) is 3.96. The van der Waals surface area contributed by atoms with E-state index < -0.39 is 11.9 Å². The Hall–Kier alpha value is -3.08. The standard InChI is InChI=1S/C17H14O5/c1-21-15-11-12(8-10-16(18)19)7-9-14(15)22-17(20)13-5-3-2-4-6-13/h2-11H,1H3,(H,18,19). The second-order valence-corrected chi connectivity index (χ2v) is 4.34. The second kappa shape index (κ2) is 7.08. The highest BCUT2D eigenvalue weighted by atomic mass is 16.6. The largest absolute Gasteiger partial charge is 0.493 e. The van der Waals surface area contributed by atoms with E-state index in [-0.39, 0.29) is 5.75 Å². The van der Waals surface area contributed by atoms with Crippen LogP contribution in [-0.4, -0.2) is 24.2 Å². The van der Waals surface area contributed by atoms with Gasteiger partial charge in [-0.2, -0.15) is 0 Å². The molecule has 1 N–H and O–H groups in total. The van der Waals surface area contributed by atoms with Crippen LogP contribution in [-0.2, 0) is 4.79 Å². The van der Waals surface area contributed by atoms with Gasteiger partial charge < -0.3 is 14.6 Å². The van der Waals surface area contributed by atoms with Crippen molar-refractivity contribution in [3.8, 4) is 11.5 Å². The molecule has 0 unspecified atom stereocenters. The monoisotopic (exact) mass is 298 g/mol. The zero-order valence-corrected chi connectivity index (χ0v) is 11.9. The van der Waals surface area contributed by atoms with Crippen LogP contribution in [0.3, 0.4) is 0 Å².